The molecule has 1 aliphatic heterocycles. The maximum absolute atomic E-state index is 12.5. The van der Waals surface area contributed by atoms with Crippen molar-refractivity contribution < 1.29 is 29.7 Å². The molecule has 3 aromatic rings. The number of carbonyl (C=O) groups is 3. The first-order chi connectivity index (χ1) is 27.1. The molecule has 2 aliphatic rings. The summed E-state index contributed by atoms with van der Waals surface area (Å²) in [5, 5.41) is 42.3. The number of aldehydes is 2. The number of rotatable bonds is 23. The molecule has 11 N–H and O–H groups in total. The van der Waals surface area contributed by atoms with Gasteiger partial charge in [0.1, 0.15) is 18.4 Å². The van der Waals surface area contributed by atoms with E-state index in [2.05, 4.69) is 45.2 Å². The quantitative estimate of drug-likeness (QED) is 0.0496. The molecule has 304 valence electrons. The maximum atomic E-state index is 12.5. The van der Waals surface area contributed by atoms with Gasteiger partial charge in [0.25, 0.3) is 0 Å². The number of hydrogen-bond acceptors (Lipinski definition) is 11. The first kappa shape index (κ1) is 42.6. The number of aromatic amines is 1. The zero-order valence-corrected chi connectivity index (χ0v) is 32.5. The van der Waals surface area contributed by atoms with E-state index in [4.69, 9.17) is 16.5 Å². The van der Waals surface area contributed by atoms with Gasteiger partial charge in [0.05, 0.1) is 24.2 Å². The molecule has 0 radical (unpaired) electrons. The molecule has 2 aromatic carbocycles. The molecule has 5 rings (SSSR count). The van der Waals surface area contributed by atoms with Gasteiger partial charge >= 0.3 is 5.97 Å². The van der Waals surface area contributed by atoms with Crippen molar-refractivity contribution in [2.24, 2.45) is 28.3 Å². The van der Waals surface area contributed by atoms with Crippen LogP contribution < -0.4 is 27.4 Å². The largest absolute Gasteiger partial charge is 0.478 e. The van der Waals surface area contributed by atoms with Gasteiger partial charge in [-0.2, -0.15) is 0 Å². The lowest BCUT2D eigenvalue weighted by Gasteiger charge is -2.39. The summed E-state index contributed by atoms with van der Waals surface area (Å²) >= 11 is 0. The van der Waals surface area contributed by atoms with E-state index < -0.39 is 30.2 Å². The second-order valence-electron chi connectivity index (χ2n) is 15.7. The van der Waals surface area contributed by atoms with Crippen molar-refractivity contribution in [3.8, 4) is 0 Å². The number of guanidine groups is 1. The van der Waals surface area contributed by atoms with Crippen LogP contribution in [0, 0.1) is 11.8 Å². The Balaban J connectivity index is 1.47. The molecule has 8 atom stereocenters. The van der Waals surface area contributed by atoms with Crippen molar-refractivity contribution in [1.82, 2.24) is 15.6 Å². The van der Waals surface area contributed by atoms with Gasteiger partial charge in [-0.3, -0.25) is 0 Å². The SMILES string of the molecule is CNCC(O)C1CC(C(=CC(=O)O)C(CC2CCc3cc4ccc(CC=O)cc4cc3C2CCCC(N)CCC(C=O)CCCO)Nc2ccc[nH]2)N=C(N)N1. The monoisotopic (exact) mass is 771 g/mol. The zero-order valence-electron chi connectivity index (χ0n) is 32.5. The van der Waals surface area contributed by atoms with Crippen LogP contribution in [0.4, 0.5) is 5.82 Å². The van der Waals surface area contributed by atoms with Gasteiger partial charge in [-0.15, -0.1) is 0 Å². The van der Waals surface area contributed by atoms with E-state index in [9.17, 15) is 29.7 Å². The summed E-state index contributed by atoms with van der Waals surface area (Å²) in [6, 6.07) is 13.1. The minimum Gasteiger partial charge on any atom is -0.478 e. The van der Waals surface area contributed by atoms with Crippen LogP contribution >= 0.6 is 0 Å². The standard InChI is InChI=1S/C43H61N7O6/c1-46-25-40(54)39-24-38(49-43(45)50-39)36(23-42(55)56)37(48-41-8-3-16-47-41)22-31-13-12-30-20-29-11-9-27(15-18-52)19-32(29)21-35(30)34(31)7-2-6-33(44)14-10-28(26-53)5-4-17-51/h3,8-9,11,16,18-21,23,26,28,31,33-34,37-40,46-48,51,54H,2,4-7,10,12-15,17,22,24-25,44H2,1H3,(H,55,56)(H3,45,49,50). The van der Waals surface area contributed by atoms with E-state index in [1.807, 2.05) is 24.4 Å². The fraction of sp³-hybridized carbons (Fsp3) is 0.535. The first-order valence-electron chi connectivity index (χ1n) is 20.2. The molecule has 2 heterocycles. The number of aromatic nitrogens is 1. The Morgan fingerprint density at radius 1 is 1.09 bits per heavy atom. The second-order valence-corrected chi connectivity index (χ2v) is 15.7. The number of aryl methyl sites for hydroxylation is 1. The van der Waals surface area contributed by atoms with Crippen molar-refractivity contribution >= 4 is 41.1 Å². The number of carboxylic acids is 1. The van der Waals surface area contributed by atoms with Gasteiger partial charge in [-0.25, -0.2) is 9.79 Å². The fourth-order valence-corrected chi connectivity index (χ4v) is 8.80. The van der Waals surface area contributed by atoms with Crippen molar-refractivity contribution in [1.29, 1.82) is 0 Å². The molecule has 0 fully saturated rings. The van der Waals surface area contributed by atoms with Crippen molar-refractivity contribution in [3.63, 3.8) is 0 Å². The Bertz CT molecular complexity index is 1800. The van der Waals surface area contributed by atoms with Gasteiger partial charge in [-0.05, 0) is 128 Å². The minimum absolute atomic E-state index is 0.0579. The summed E-state index contributed by atoms with van der Waals surface area (Å²) in [6.07, 6.45) is 12.6. The van der Waals surface area contributed by atoms with Crippen molar-refractivity contribution in [3.05, 3.63) is 77.0 Å². The molecule has 0 spiro atoms. The summed E-state index contributed by atoms with van der Waals surface area (Å²) in [7, 11) is 1.76. The highest BCUT2D eigenvalue weighted by atomic mass is 16.4. The average Bonchev–Trinajstić information content (AvgIpc) is 3.70. The molecular formula is C43H61N7O6. The summed E-state index contributed by atoms with van der Waals surface area (Å²) in [6.45, 7) is 0.405. The number of nitrogens with one attached hydrogen (secondary N) is 4. The number of nitrogens with zero attached hydrogens (tertiary/aromatic N) is 1. The molecule has 0 saturated heterocycles. The number of aliphatic carboxylic acids is 1. The predicted molar refractivity (Wildman–Crippen MR) is 221 cm³/mol. The van der Waals surface area contributed by atoms with Crippen LogP contribution in [0.3, 0.4) is 0 Å². The Morgan fingerprint density at radius 2 is 1.93 bits per heavy atom. The second kappa shape index (κ2) is 21.1. The highest BCUT2D eigenvalue weighted by Gasteiger charge is 2.37. The lowest BCUT2D eigenvalue weighted by molar-refractivity contribution is -0.131. The lowest BCUT2D eigenvalue weighted by atomic mass is 9.69. The number of aliphatic hydroxyl groups excluding tert-OH is 2. The molecule has 1 aromatic heterocycles. The molecule has 0 amide bonds. The van der Waals surface area contributed by atoms with Gasteiger partial charge in [0, 0.05) is 43.8 Å². The molecular weight excluding hydrogens is 711 g/mol. The highest BCUT2D eigenvalue weighted by molar-refractivity contribution is 5.86. The van der Waals surface area contributed by atoms with Crippen LogP contribution in [0.15, 0.2) is 65.3 Å². The number of carbonyl (C=O) groups excluding carboxylic acids is 2. The number of aliphatic hydroxyl groups is 2. The van der Waals surface area contributed by atoms with Crippen LogP contribution in [0.1, 0.15) is 86.8 Å². The Morgan fingerprint density at radius 3 is 2.64 bits per heavy atom. The van der Waals surface area contributed by atoms with Gasteiger partial charge in [-0.1, -0.05) is 36.8 Å². The average molecular weight is 772 g/mol. The van der Waals surface area contributed by atoms with Crippen LogP contribution in [-0.2, 0) is 27.2 Å². The van der Waals surface area contributed by atoms with E-state index in [0.29, 0.717) is 50.6 Å². The minimum atomic E-state index is -1.08. The zero-order chi connectivity index (χ0) is 40.0. The fourth-order valence-electron chi connectivity index (χ4n) is 8.80. The molecule has 13 nitrogen and oxygen atoms in total. The number of hydrogen-bond donors (Lipinski definition) is 9. The molecule has 0 bridgehead atoms. The smallest absolute Gasteiger partial charge is 0.328 e. The van der Waals surface area contributed by atoms with Crippen LogP contribution in [-0.4, -0.2) is 95.3 Å². The van der Waals surface area contributed by atoms with Crippen LogP contribution in [0.25, 0.3) is 10.8 Å². The normalized spacial score (nSPS) is 21.9. The topological polar surface area (TPSA) is 228 Å². The van der Waals surface area contributed by atoms with Crippen LogP contribution in [0.2, 0.25) is 0 Å². The predicted octanol–water partition coefficient (Wildman–Crippen LogP) is 3.93. The van der Waals surface area contributed by atoms with Crippen LogP contribution in [0.5, 0.6) is 0 Å². The lowest BCUT2D eigenvalue weighted by Crippen LogP contribution is -2.54. The molecule has 13 heteroatoms. The number of carboxylic acid groups (broad SMARTS) is 1. The molecule has 56 heavy (non-hydrogen) atoms. The maximum Gasteiger partial charge on any atom is 0.328 e. The number of benzene rings is 2. The Kier molecular flexibility index (Phi) is 16.0. The number of likely N-dealkylation sites (N-methyl/N-ethyl adjacent to an activating group) is 1. The number of H-pyrrole nitrogens is 1. The third-order valence-electron chi connectivity index (χ3n) is 11.7. The van der Waals surface area contributed by atoms with Gasteiger partial charge < -0.3 is 57.3 Å². The van der Waals surface area contributed by atoms with E-state index in [1.54, 1.807) is 7.05 Å². The number of aliphatic imine (C=N–C) groups is 1. The van der Waals surface area contributed by atoms with E-state index in [-0.39, 0.29) is 36.4 Å². The molecule has 8 unspecified atom stereocenters. The van der Waals surface area contributed by atoms with Gasteiger partial charge in [0.15, 0.2) is 5.96 Å². The molecule has 0 saturated carbocycles. The summed E-state index contributed by atoms with van der Waals surface area (Å²) in [5.41, 5.74) is 17.1. The summed E-state index contributed by atoms with van der Waals surface area (Å²) in [4.78, 5) is 43.5. The number of nitrogens with two attached hydrogens (primary N) is 2. The highest BCUT2D eigenvalue weighted by Crippen LogP contribution is 2.44. The molecule has 1 aliphatic carbocycles. The first-order valence-corrected chi connectivity index (χ1v) is 20.2. The van der Waals surface area contributed by atoms with Gasteiger partial charge in [0.2, 0.25) is 0 Å². The summed E-state index contributed by atoms with van der Waals surface area (Å²) < 4.78 is 0. The third-order valence-corrected chi connectivity index (χ3v) is 11.7. The summed E-state index contributed by atoms with van der Waals surface area (Å²) in [5.74, 6) is 0.0330. The Hall–Kier alpha value is -4.56. The Labute approximate surface area is 329 Å². The van der Waals surface area contributed by atoms with E-state index >= 15 is 0 Å². The van der Waals surface area contributed by atoms with E-state index in [1.165, 1.54) is 17.2 Å². The van der Waals surface area contributed by atoms with E-state index in [0.717, 1.165) is 73.3 Å². The van der Waals surface area contributed by atoms with Crippen molar-refractivity contribution in [2.45, 2.75) is 113 Å². The number of anilines is 1. The third kappa shape index (κ3) is 11.7. The van der Waals surface area contributed by atoms with Crippen molar-refractivity contribution in [2.75, 3.05) is 25.5 Å². The number of fused-ring (bicyclic) bond motifs is 2.